The molecule has 0 atom stereocenters. The van der Waals surface area contributed by atoms with Crippen LogP contribution in [0.4, 0.5) is 10.1 Å². The third kappa shape index (κ3) is 5.65. The lowest BCUT2D eigenvalue weighted by molar-refractivity contribution is -0.118. The maximum Gasteiger partial charge on any atom is 0.262 e. The van der Waals surface area contributed by atoms with Crippen molar-refractivity contribution in [1.82, 2.24) is 0 Å². The lowest BCUT2D eigenvalue weighted by Gasteiger charge is -2.10. The average molecular weight is 501 g/mol. The molecule has 33 heavy (non-hydrogen) atoms. The molecule has 0 heterocycles. The van der Waals surface area contributed by atoms with E-state index in [2.05, 4.69) is 27.3 Å². The third-order valence-electron chi connectivity index (χ3n) is 4.93. The largest absolute Gasteiger partial charge is 0.483 e. The molecule has 162 valence electrons. The van der Waals surface area contributed by atoms with Crippen LogP contribution >= 0.6 is 15.9 Å². The molecule has 4 aromatic carbocycles. The van der Waals surface area contributed by atoms with E-state index in [4.69, 9.17) is 4.74 Å². The van der Waals surface area contributed by atoms with Crippen LogP contribution in [0.3, 0.4) is 0 Å². The number of fused-ring (bicyclic) bond motifs is 1. The van der Waals surface area contributed by atoms with Crippen molar-refractivity contribution in [3.63, 3.8) is 0 Å². The van der Waals surface area contributed by atoms with Gasteiger partial charge in [-0.25, -0.2) is 4.39 Å². The number of halogens is 2. The molecular formula is C27H18BrFN2O2. The van der Waals surface area contributed by atoms with Crippen molar-refractivity contribution in [2.75, 3.05) is 11.9 Å². The molecule has 4 nitrogen and oxygen atoms in total. The number of anilines is 1. The topological polar surface area (TPSA) is 62.1 Å². The Morgan fingerprint density at radius 3 is 2.48 bits per heavy atom. The molecule has 0 saturated carbocycles. The van der Waals surface area contributed by atoms with E-state index in [9.17, 15) is 14.4 Å². The van der Waals surface area contributed by atoms with Gasteiger partial charge in [0.25, 0.3) is 5.91 Å². The van der Waals surface area contributed by atoms with Gasteiger partial charge in [0, 0.05) is 5.69 Å². The van der Waals surface area contributed by atoms with Crippen LogP contribution in [0.1, 0.15) is 11.1 Å². The number of ether oxygens (including phenoxy) is 1. The zero-order valence-electron chi connectivity index (χ0n) is 17.4. The van der Waals surface area contributed by atoms with Crippen molar-refractivity contribution < 1.29 is 13.9 Å². The Morgan fingerprint density at radius 1 is 1.00 bits per heavy atom. The Hall–Kier alpha value is -3.95. The SMILES string of the molecule is N#C/C(=C/c1ccc(OCC(=O)Nc2ccc(F)cc2)c(Br)c1)c1ccc2ccccc2c1. The number of carbonyl (C=O) groups excluding carboxylic acids is 1. The van der Waals surface area contributed by atoms with Crippen LogP contribution in [0.15, 0.2) is 89.4 Å². The predicted molar refractivity (Wildman–Crippen MR) is 132 cm³/mol. The van der Waals surface area contributed by atoms with Crippen LogP contribution in [0.5, 0.6) is 5.75 Å². The monoisotopic (exact) mass is 500 g/mol. The summed E-state index contributed by atoms with van der Waals surface area (Å²) < 4.78 is 19.2. The first-order chi connectivity index (χ1) is 16.0. The number of benzene rings is 4. The van der Waals surface area contributed by atoms with Crippen molar-refractivity contribution in [3.8, 4) is 11.8 Å². The molecule has 0 aliphatic heterocycles. The molecule has 1 N–H and O–H groups in total. The summed E-state index contributed by atoms with van der Waals surface area (Å²) in [4.78, 5) is 12.1. The number of hydrogen-bond acceptors (Lipinski definition) is 3. The van der Waals surface area contributed by atoms with Gasteiger partial charge in [-0.3, -0.25) is 4.79 Å². The van der Waals surface area contributed by atoms with Gasteiger partial charge in [-0.2, -0.15) is 5.26 Å². The summed E-state index contributed by atoms with van der Waals surface area (Å²) >= 11 is 3.46. The van der Waals surface area contributed by atoms with Crippen molar-refractivity contribution in [2.24, 2.45) is 0 Å². The van der Waals surface area contributed by atoms with Gasteiger partial charge in [0.2, 0.25) is 0 Å². The number of nitrogens with one attached hydrogen (secondary N) is 1. The summed E-state index contributed by atoms with van der Waals surface area (Å²) in [6.45, 7) is -0.203. The standard InChI is InChI=1S/C27H18BrFN2O2/c28-25-14-18(13-22(16-30)21-7-6-19-3-1-2-4-20(19)15-21)5-12-26(25)33-17-27(32)31-24-10-8-23(29)9-11-24/h1-15H,17H2,(H,31,32)/b22-13-. The van der Waals surface area contributed by atoms with Crippen LogP contribution in [0.25, 0.3) is 22.4 Å². The molecule has 0 spiro atoms. The van der Waals surface area contributed by atoms with Gasteiger partial charge in [-0.15, -0.1) is 0 Å². The van der Waals surface area contributed by atoms with Crippen molar-refractivity contribution in [1.29, 1.82) is 5.26 Å². The molecule has 1 amide bonds. The van der Waals surface area contributed by atoms with E-state index >= 15 is 0 Å². The Morgan fingerprint density at radius 2 is 1.76 bits per heavy atom. The molecule has 4 aromatic rings. The number of amides is 1. The number of nitrogens with zero attached hydrogens (tertiary/aromatic N) is 1. The molecule has 0 bridgehead atoms. The maximum absolute atomic E-state index is 13.0. The molecule has 0 fully saturated rings. The predicted octanol–water partition coefficient (Wildman–Crippen LogP) is 6.82. The summed E-state index contributed by atoms with van der Waals surface area (Å²) in [5.41, 5.74) is 2.68. The quantitative estimate of drug-likeness (QED) is 0.233. The number of nitriles is 1. The molecule has 6 heteroatoms. The summed E-state index contributed by atoms with van der Waals surface area (Å²) in [7, 11) is 0. The molecule has 0 aromatic heterocycles. The summed E-state index contributed by atoms with van der Waals surface area (Å²) in [6, 6.07) is 27.1. The summed E-state index contributed by atoms with van der Waals surface area (Å²) in [5.74, 6) is -0.242. The number of allylic oxidation sites excluding steroid dienone is 1. The van der Waals surface area contributed by atoms with E-state index in [1.165, 1.54) is 24.3 Å². The van der Waals surface area contributed by atoms with Crippen LogP contribution in [0, 0.1) is 17.1 Å². The molecule has 0 aliphatic carbocycles. The Kier molecular flexibility index (Phi) is 6.82. The lowest BCUT2D eigenvalue weighted by Crippen LogP contribution is -2.20. The highest BCUT2D eigenvalue weighted by atomic mass is 79.9. The lowest BCUT2D eigenvalue weighted by atomic mass is 10.0. The van der Waals surface area contributed by atoms with Gasteiger partial charge in [-0.05, 0) is 86.4 Å². The molecule has 0 saturated heterocycles. The van der Waals surface area contributed by atoms with Crippen LogP contribution < -0.4 is 10.1 Å². The first-order valence-corrected chi connectivity index (χ1v) is 10.9. The van der Waals surface area contributed by atoms with Gasteiger partial charge in [0.1, 0.15) is 11.6 Å². The Balaban J connectivity index is 1.45. The fraction of sp³-hybridized carbons (Fsp3) is 0.0370. The van der Waals surface area contributed by atoms with Gasteiger partial charge in [0.15, 0.2) is 6.61 Å². The van der Waals surface area contributed by atoms with Gasteiger partial charge < -0.3 is 10.1 Å². The van der Waals surface area contributed by atoms with E-state index < -0.39 is 0 Å². The van der Waals surface area contributed by atoms with Gasteiger partial charge in [-0.1, -0.05) is 42.5 Å². The fourth-order valence-corrected chi connectivity index (χ4v) is 3.81. The van der Waals surface area contributed by atoms with Crippen LogP contribution in [-0.2, 0) is 4.79 Å². The summed E-state index contributed by atoms with van der Waals surface area (Å²) in [6.07, 6.45) is 1.81. The molecule has 0 unspecified atom stereocenters. The Labute approximate surface area is 199 Å². The average Bonchev–Trinajstić information content (AvgIpc) is 2.83. The fourth-order valence-electron chi connectivity index (χ4n) is 3.30. The van der Waals surface area contributed by atoms with Gasteiger partial charge in [0.05, 0.1) is 16.1 Å². The molecule has 4 rings (SSSR count). The highest BCUT2D eigenvalue weighted by Gasteiger charge is 2.08. The first-order valence-electron chi connectivity index (χ1n) is 10.1. The van der Waals surface area contributed by atoms with Gasteiger partial charge >= 0.3 is 0 Å². The van der Waals surface area contributed by atoms with Crippen molar-refractivity contribution >= 4 is 49.9 Å². The zero-order valence-corrected chi connectivity index (χ0v) is 19.0. The van der Waals surface area contributed by atoms with Crippen molar-refractivity contribution in [3.05, 3.63) is 106 Å². The number of carbonyl (C=O) groups is 1. The minimum absolute atomic E-state index is 0.203. The minimum Gasteiger partial charge on any atom is -0.483 e. The van der Waals surface area contributed by atoms with Crippen molar-refractivity contribution in [2.45, 2.75) is 0 Å². The van der Waals surface area contributed by atoms with E-state index in [0.29, 0.717) is 21.5 Å². The molecule has 0 aliphatic rings. The van der Waals surface area contributed by atoms with E-state index in [-0.39, 0.29) is 18.3 Å². The smallest absolute Gasteiger partial charge is 0.262 e. The first kappa shape index (κ1) is 22.3. The van der Waals surface area contributed by atoms with Crippen LogP contribution in [0.2, 0.25) is 0 Å². The third-order valence-corrected chi connectivity index (χ3v) is 5.55. The zero-order chi connectivity index (χ0) is 23.2. The summed E-state index contributed by atoms with van der Waals surface area (Å²) in [5, 5.41) is 14.5. The second-order valence-electron chi connectivity index (χ2n) is 7.27. The maximum atomic E-state index is 13.0. The second-order valence-corrected chi connectivity index (χ2v) is 8.12. The molecule has 0 radical (unpaired) electrons. The minimum atomic E-state index is -0.373. The van der Waals surface area contributed by atoms with Crippen LogP contribution in [-0.4, -0.2) is 12.5 Å². The second kappa shape index (κ2) is 10.1. The number of hydrogen-bond donors (Lipinski definition) is 1. The van der Waals surface area contributed by atoms with E-state index in [1.807, 2.05) is 54.6 Å². The normalized spacial score (nSPS) is 11.1. The highest BCUT2D eigenvalue weighted by Crippen LogP contribution is 2.29. The Bertz CT molecular complexity index is 1390. The van der Waals surface area contributed by atoms with E-state index in [1.54, 1.807) is 12.1 Å². The highest BCUT2D eigenvalue weighted by molar-refractivity contribution is 9.10. The molecular weight excluding hydrogens is 483 g/mol. The number of rotatable bonds is 6. The van der Waals surface area contributed by atoms with E-state index in [0.717, 1.165) is 21.9 Å².